The molecule has 5 heteroatoms. The van der Waals surface area contributed by atoms with Crippen LogP contribution in [-0.4, -0.2) is 23.3 Å². The number of allylic oxidation sites excluding steroid dienone is 3. The molecule has 0 aromatic heterocycles. The number of hydrogen-bond donors (Lipinski definition) is 0. The summed E-state index contributed by atoms with van der Waals surface area (Å²) in [5.74, 6) is 0.909. The zero-order chi connectivity index (χ0) is 16.2. The third-order valence-corrected chi connectivity index (χ3v) is 4.16. The van der Waals surface area contributed by atoms with Crippen LogP contribution in [0.3, 0.4) is 0 Å². The Morgan fingerprint density at radius 3 is 2.83 bits per heavy atom. The van der Waals surface area contributed by atoms with Crippen molar-refractivity contribution < 1.29 is 0 Å². The average Bonchev–Trinajstić information content (AvgIpc) is 2.60. The summed E-state index contributed by atoms with van der Waals surface area (Å²) in [6.07, 6.45) is 6.81. The lowest BCUT2D eigenvalue weighted by molar-refractivity contribution is 0.559. The van der Waals surface area contributed by atoms with Crippen LogP contribution in [0, 0.1) is 0 Å². The van der Waals surface area contributed by atoms with Crippen molar-refractivity contribution in [3.8, 4) is 0 Å². The van der Waals surface area contributed by atoms with Gasteiger partial charge in [0, 0.05) is 16.2 Å². The Bertz CT molecular complexity index is 764. The summed E-state index contributed by atoms with van der Waals surface area (Å²) >= 11 is 0. The molecule has 23 heavy (non-hydrogen) atoms. The van der Waals surface area contributed by atoms with Crippen molar-refractivity contribution >= 4 is 11.4 Å². The molecule has 0 amide bonds. The minimum Gasteiger partial charge on any atom is -0.326 e. The maximum absolute atomic E-state index is 8.88. The number of amidine groups is 1. The molecule has 1 aromatic rings. The summed E-state index contributed by atoms with van der Waals surface area (Å²) in [4.78, 5) is 10.0. The summed E-state index contributed by atoms with van der Waals surface area (Å²) in [7, 11) is 0. The van der Waals surface area contributed by atoms with Crippen LogP contribution in [0.15, 0.2) is 70.1 Å². The highest BCUT2D eigenvalue weighted by molar-refractivity contribution is 5.99. The Labute approximate surface area is 136 Å². The van der Waals surface area contributed by atoms with E-state index >= 15 is 0 Å². The predicted octanol–water partition coefficient (Wildman–Crippen LogP) is 4.67. The van der Waals surface area contributed by atoms with E-state index in [4.69, 9.17) is 10.5 Å². The first-order valence-corrected chi connectivity index (χ1v) is 7.78. The summed E-state index contributed by atoms with van der Waals surface area (Å²) in [6, 6.07) is 9.96. The first-order valence-electron chi connectivity index (χ1n) is 7.78. The molecule has 1 atom stereocenters. The van der Waals surface area contributed by atoms with Crippen molar-refractivity contribution in [3.63, 3.8) is 0 Å². The maximum Gasteiger partial charge on any atom is 0.133 e. The molecule has 3 rings (SSSR count). The summed E-state index contributed by atoms with van der Waals surface area (Å²) < 4.78 is 0. The standard InChI is InChI=1S/C18H19N5/c1-3-16(21-22-19)18-15(14-9-5-4-6-10-14)12-23-13(2)8-7-11-17(23)20-18/h4-11,16H,3,12H2,1-2H3. The van der Waals surface area contributed by atoms with E-state index in [1.54, 1.807) is 0 Å². The molecule has 0 N–H and O–H groups in total. The largest absolute Gasteiger partial charge is 0.326 e. The SMILES string of the molecule is CCC(N=[N+]=[N-])C1=C(c2ccccc2)CN2C(C)=CC=CC2=N1. The van der Waals surface area contributed by atoms with Gasteiger partial charge in [-0.2, -0.15) is 0 Å². The second-order valence-corrected chi connectivity index (χ2v) is 5.58. The molecular formula is C18H19N5. The van der Waals surface area contributed by atoms with Crippen molar-refractivity contribution in [1.29, 1.82) is 0 Å². The topological polar surface area (TPSA) is 64.4 Å². The van der Waals surface area contributed by atoms with Gasteiger partial charge in [-0.25, -0.2) is 4.99 Å². The van der Waals surface area contributed by atoms with Crippen molar-refractivity contribution in [2.45, 2.75) is 26.3 Å². The van der Waals surface area contributed by atoms with E-state index in [1.807, 2.05) is 37.3 Å². The van der Waals surface area contributed by atoms with Crippen LogP contribution in [-0.2, 0) is 0 Å². The van der Waals surface area contributed by atoms with Gasteiger partial charge in [0.1, 0.15) is 5.84 Å². The fraction of sp³-hybridized carbons (Fsp3) is 0.278. The van der Waals surface area contributed by atoms with E-state index in [1.165, 1.54) is 0 Å². The van der Waals surface area contributed by atoms with E-state index in [0.717, 1.165) is 41.3 Å². The molecule has 0 spiro atoms. The van der Waals surface area contributed by atoms with Gasteiger partial charge in [0.2, 0.25) is 0 Å². The zero-order valence-corrected chi connectivity index (χ0v) is 13.3. The van der Waals surface area contributed by atoms with E-state index in [2.05, 4.69) is 40.1 Å². The number of nitrogens with zero attached hydrogens (tertiary/aromatic N) is 5. The van der Waals surface area contributed by atoms with Crippen LogP contribution in [0.5, 0.6) is 0 Å². The fourth-order valence-corrected chi connectivity index (χ4v) is 2.91. The second-order valence-electron chi connectivity index (χ2n) is 5.58. The van der Waals surface area contributed by atoms with E-state index in [-0.39, 0.29) is 6.04 Å². The third-order valence-electron chi connectivity index (χ3n) is 4.16. The quantitative estimate of drug-likeness (QED) is 0.452. The molecular weight excluding hydrogens is 286 g/mol. The number of aliphatic imine (C=N–C) groups is 1. The van der Waals surface area contributed by atoms with Gasteiger partial charge in [0.25, 0.3) is 0 Å². The Balaban J connectivity index is 2.15. The van der Waals surface area contributed by atoms with Gasteiger partial charge in [-0.1, -0.05) is 48.4 Å². The Kier molecular flexibility index (Phi) is 4.31. The lowest BCUT2D eigenvalue weighted by Crippen LogP contribution is -2.35. The molecule has 0 radical (unpaired) electrons. The van der Waals surface area contributed by atoms with Crippen LogP contribution >= 0.6 is 0 Å². The normalized spacial score (nSPS) is 17.9. The average molecular weight is 305 g/mol. The molecule has 5 nitrogen and oxygen atoms in total. The number of rotatable bonds is 4. The van der Waals surface area contributed by atoms with Gasteiger partial charge in [-0.3, -0.25) is 0 Å². The van der Waals surface area contributed by atoms with Crippen LogP contribution in [0.4, 0.5) is 0 Å². The predicted molar refractivity (Wildman–Crippen MR) is 93.6 cm³/mol. The van der Waals surface area contributed by atoms with Crippen molar-refractivity contribution in [3.05, 3.63) is 76.0 Å². The van der Waals surface area contributed by atoms with E-state index in [0.29, 0.717) is 0 Å². The number of fused-ring (bicyclic) bond motifs is 1. The van der Waals surface area contributed by atoms with Crippen LogP contribution in [0.25, 0.3) is 16.0 Å². The van der Waals surface area contributed by atoms with Gasteiger partial charge in [-0.05, 0) is 36.6 Å². The first-order chi connectivity index (χ1) is 11.2. The van der Waals surface area contributed by atoms with Crippen molar-refractivity contribution in [2.75, 3.05) is 6.54 Å². The molecule has 0 saturated heterocycles. The van der Waals surface area contributed by atoms with E-state index < -0.39 is 0 Å². The number of azide groups is 1. The first kappa shape index (κ1) is 15.1. The van der Waals surface area contributed by atoms with Crippen molar-refractivity contribution in [1.82, 2.24) is 4.90 Å². The monoisotopic (exact) mass is 305 g/mol. The van der Waals surface area contributed by atoms with Gasteiger partial charge < -0.3 is 4.90 Å². The molecule has 2 aliphatic heterocycles. The molecule has 2 heterocycles. The number of hydrogen-bond acceptors (Lipinski definition) is 3. The van der Waals surface area contributed by atoms with Crippen LogP contribution < -0.4 is 0 Å². The molecule has 116 valence electrons. The lowest BCUT2D eigenvalue weighted by Gasteiger charge is -2.34. The minimum atomic E-state index is -0.246. The molecule has 2 aliphatic rings. The van der Waals surface area contributed by atoms with Gasteiger partial charge in [0.05, 0.1) is 18.3 Å². The third kappa shape index (κ3) is 2.91. The smallest absolute Gasteiger partial charge is 0.133 e. The Hall–Kier alpha value is -2.78. The molecule has 1 unspecified atom stereocenters. The Morgan fingerprint density at radius 2 is 2.13 bits per heavy atom. The number of benzene rings is 1. The van der Waals surface area contributed by atoms with Gasteiger partial charge in [-0.15, -0.1) is 0 Å². The zero-order valence-electron chi connectivity index (χ0n) is 13.3. The van der Waals surface area contributed by atoms with Crippen LogP contribution in [0.2, 0.25) is 0 Å². The molecule has 0 fully saturated rings. The highest BCUT2D eigenvalue weighted by atomic mass is 15.2. The Morgan fingerprint density at radius 1 is 1.35 bits per heavy atom. The highest BCUT2D eigenvalue weighted by Gasteiger charge is 2.27. The minimum absolute atomic E-state index is 0.246. The highest BCUT2D eigenvalue weighted by Crippen LogP contribution is 2.32. The fourth-order valence-electron chi connectivity index (χ4n) is 2.91. The molecule has 0 aliphatic carbocycles. The summed E-state index contributed by atoms with van der Waals surface area (Å²) in [5.41, 5.74) is 13.2. The van der Waals surface area contributed by atoms with Gasteiger partial charge >= 0.3 is 0 Å². The second kappa shape index (κ2) is 6.55. The molecule has 0 bridgehead atoms. The van der Waals surface area contributed by atoms with E-state index in [9.17, 15) is 0 Å². The molecule has 0 saturated carbocycles. The van der Waals surface area contributed by atoms with Gasteiger partial charge in [0.15, 0.2) is 0 Å². The van der Waals surface area contributed by atoms with Crippen molar-refractivity contribution in [2.24, 2.45) is 10.1 Å². The molecule has 1 aromatic carbocycles. The maximum atomic E-state index is 8.88. The summed E-state index contributed by atoms with van der Waals surface area (Å²) in [6.45, 7) is 4.84. The lowest BCUT2D eigenvalue weighted by atomic mass is 9.96. The summed E-state index contributed by atoms with van der Waals surface area (Å²) in [5, 5.41) is 3.96. The van der Waals surface area contributed by atoms with Crippen LogP contribution in [0.1, 0.15) is 25.8 Å².